The molecule has 1 heterocycles. The van der Waals surface area contributed by atoms with Crippen LogP contribution >= 0.6 is 11.3 Å². The van der Waals surface area contributed by atoms with Gasteiger partial charge in [0.25, 0.3) is 5.91 Å². The summed E-state index contributed by atoms with van der Waals surface area (Å²) >= 11 is 1.35. The van der Waals surface area contributed by atoms with Crippen molar-refractivity contribution in [2.75, 3.05) is 12.4 Å². The van der Waals surface area contributed by atoms with Crippen molar-refractivity contribution in [3.05, 3.63) is 70.6 Å². The maximum atomic E-state index is 12.8. The summed E-state index contributed by atoms with van der Waals surface area (Å²) in [7, 11) is 1.34. The summed E-state index contributed by atoms with van der Waals surface area (Å²) in [6.07, 6.45) is -0.732. The van der Waals surface area contributed by atoms with Crippen LogP contribution in [0.2, 0.25) is 0 Å². The highest BCUT2D eigenvalue weighted by atomic mass is 32.1. The Hall–Kier alpha value is -3.12. The smallest absolute Gasteiger partial charge is 0.341 e. The number of amides is 1. The highest BCUT2D eigenvalue weighted by Crippen LogP contribution is 2.40. The normalized spacial score (nSPS) is 11.8. The van der Waals surface area contributed by atoms with E-state index in [4.69, 9.17) is 9.47 Å². The van der Waals surface area contributed by atoms with Gasteiger partial charge in [-0.05, 0) is 43.0 Å². The first-order valence-electron chi connectivity index (χ1n) is 10.2. The molecule has 0 spiro atoms. The molecule has 0 fully saturated rings. The fourth-order valence-electron chi connectivity index (χ4n) is 3.28. The second kappa shape index (κ2) is 9.79. The molecule has 1 atom stereocenters. The molecule has 0 bridgehead atoms. The average molecular weight is 438 g/mol. The largest absolute Gasteiger partial charge is 0.481 e. The van der Waals surface area contributed by atoms with Crippen molar-refractivity contribution in [3.8, 4) is 16.9 Å². The number of aryl methyl sites for hydroxylation is 1. The van der Waals surface area contributed by atoms with Crippen LogP contribution in [-0.4, -0.2) is 25.1 Å². The Labute approximate surface area is 187 Å². The Morgan fingerprint density at radius 1 is 0.968 bits per heavy atom. The van der Waals surface area contributed by atoms with Gasteiger partial charge in [0.05, 0.1) is 7.11 Å². The Morgan fingerprint density at radius 3 is 2.19 bits per heavy atom. The number of thiophene rings is 1. The highest BCUT2D eigenvalue weighted by Gasteiger charge is 2.26. The first kappa shape index (κ1) is 22.6. The van der Waals surface area contributed by atoms with E-state index in [-0.39, 0.29) is 5.91 Å². The second-order valence-corrected chi connectivity index (χ2v) is 8.79. The monoisotopic (exact) mass is 437 g/mol. The van der Waals surface area contributed by atoms with E-state index < -0.39 is 12.1 Å². The van der Waals surface area contributed by atoms with Gasteiger partial charge in [-0.2, -0.15) is 0 Å². The van der Waals surface area contributed by atoms with E-state index in [1.807, 2.05) is 37.3 Å². The fourth-order valence-corrected chi connectivity index (χ4v) is 4.35. The van der Waals surface area contributed by atoms with Crippen LogP contribution in [0.1, 0.15) is 47.5 Å². The van der Waals surface area contributed by atoms with Crippen LogP contribution in [-0.2, 0) is 9.53 Å². The van der Waals surface area contributed by atoms with Crippen molar-refractivity contribution in [1.82, 2.24) is 0 Å². The standard InChI is InChI=1S/C25H27NO4S/c1-15(2)18-11-13-19(14-12-18)21-17(4)31-24(22(21)25(28)29-5)26-23(27)16(3)30-20-9-7-6-8-10-20/h6-16H,1-5H3,(H,26,27)/t16-/m0/s1. The van der Waals surface area contributed by atoms with Crippen molar-refractivity contribution >= 4 is 28.2 Å². The molecule has 0 unspecified atom stereocenters. The van der Waals surface area contributed by atoms with Crippen LogP contribution in [0.4, 0.5) is 5.00 Å². The lowest BCUT2D eigenvalue weighted by Gasteiger charge is -2.15. The number of rotatable bonds is 7. The van der Waals surface area contributed by atoms with E-state index in [1.165, 1.54) is 24.0 Å². The molecule has 1 N–H and O–H groups in total. The lowest BCUT2D eigenvalue weighted by atomic mass is 9.97. The second-order valence-electron chi connectivity index (χ2n) is 7.57. The minimum atomic E-state index is -0.732. The quantitative estimate of drug-likeness (QED) is 0.458. The van der Waals surface area contributed by atoms with E-state index in [0.717, 1.165) is 16.0 Å². The Bertz CT molecular complexity index is 1060. The predicted octanol–water partition coefficient (Wildman–Crippen LogP) is 6.04. The van der Waals surface area contributed by atoms with Crippen LogP contribution < -0.4 is 10.1 Å². The van der Waals surface area contributed by atoms with Crippen molar-refractivity contribution in [2.24, 2.45) is 0 Å². The summed E-state index contributed by atoms with van der Waals surface area (Å²) in [6.45, 7) is 7.88. The number of anilines is 1. The molecule has 0 aliphatic rings. The lowest BCUT2D eigenvalue weighted by Crippen LogP contribution is -2.30. The summed E-state index contributed by atoms with van der Waals surface area (Å²) in [6, 6.07) is 17.3. The maximum absolute atomic E-state index is 12.8. The molecule has 2 aromatic carbocycles. The number of benzene rings is 2. The van der Waals surface area contributed by atoms with Crippen molar-refractivity contribution < 1.29 is 19.1 Å². The number of para-hydroxylation sites is 1. The number of hydrogen-bond donors (Lipinski definition) is 1. The first-order chi connectivity index (χ1) is 14.8. The lowest BCUT2D eigenvalue weighted by molar-refractivity contribution is -0.122. The van der Waals surface area contributed by atoms with Gasteiger partial charge in [0.2, 0.25) is 0 Å². The van der Waals surface area contributed by atoms with E-state index in [9.17, 15) is 9.59 Å². The van der Waals surface area contributed by atoms with Gasteiger partial charge in [-0.3, -0.25) is 4.79 Å². The van der Waals surface area contributed by atoms with Crippen molar-refractivity contribution in [2.45, 2.75) is 39.7 Å². The third kappa shape index (κ3) is 5.14. The van der Waals surface area contributed by atoms with Crippen LogP contribution in [0.5, 0.6) is 5.75 Å². The van der Waals surface area contributed by atoms with Gasteiger partial charge in [0.1, 0.15) is 16.3 Å². The van der Waals surface area contributed by atoms with E-state index in [2.05, 4.69) is 31.3 Å². The maximum Gasteiger partial charge on any atom is 0.341 e. The summed E-state index contributed by atoms with van der Waals surface area (Å²) in [5.41, 5.74) is 3.27. The zero-order valence-electron chi connectivity index (χ0n) is 18.4. The SMILES string of the molecule is COC(=O)c1c(NC(=O)[C@H](C)Oc2ccccc2)sc(C)c1-c1ccc(C(C)C)cc1. The molecule has 0 saturated heterocycles. The third-order valence-corrected chi connectivity index (χ3v) is 6.02. The number of methoxy groups -OCH3 is 1. The van der Waals surface area contributed by atoms with Crippen molar-refractivity contribution in [3.63, 3.8) is 0 Å². The number of nitrogens with one attached hydrogen (secondary N) is 1. The number of carbonyl (C=O) groups excluding carboxylic acids is 2. The number of carbonyl (C=O) groups is 2. The van der Waals surface area contributed by atoms with E-state index in [0.29, 0.717) is 22.2 Å². The molecular formula is C25H27NO4S. The molecule has 3 aromatic rings. The Morgan fingerprint density at radius 2 is 1.61 bits per heavy atom. The molecule has 6 heteroatoms. The van der Waals surface area contributed by atoms with E-state index in [1.54, 1.807) is 19.1 Å². The Balaban J connectivity index is 1.91. The minimum absolute atomic E-state index is 0.336. The number of ether oxygens (including phenoxy) is 2. The summed E-state index contributed by atoms with van der Waals surface area (Å²) in [5, 5.41) is 3.32. The first-order valence-corrected chi connectivity index (χ1v) is 11.0. The molecule has 0 aliphatic heterocycles. The molecule has 0 saturated carbocycles. The molecule has 31 heavy (non-hydrogen) atoms. The average Bonchev–Trinajstić information content (AvgIpc) is 3.09. The summed E-state index contributed by atoms with van der Waals surface area (Å²) in [5.74, 6) is 0.196. The van der Waals surface area contributed by atoms with E-state index >= 15 is 0 Å². The van der Waals surface area contributed by atoms with Crippen LogP contribution in [0.15, 0.2) is 54.6 Å². The number of hydrogen-bond acceptors (Lipinski definition) is 5. The van der Waals surface area contributed by atoms with Gasteiger partial charge in [-0.25, -0.2) is 4.79 Å². The topological polar surface area (TPSA) is 64.6 Å². The molecule has 0 radical (unpaired) electrons. The molecule has 1 amide bonds. The van der Waals surface area contributed by atoms with Crippen LogP contribution in [0.3, 0.4) is 0 Å². The van der Waals surface area contributed by atoms with Gasteiger partial charge in [0, 0.05) is 10.4 Å². The zero-order valence-corrected chi connectivity index (χ0v) is 19.2. The molecule has 162 valence electrons. The molecular weight excluding hydrogens is 410 g/mol. The molecule has 1 aromatic heterocycles. The van der Waals surface area contributed by atoms with Crippen LogP contribution in [0, 0.1) is 6.92 Å². The Kier molecular flexibility index (Phi) is 7.13. The molecule has 3 rings (SSSR count). The predicted molar refractivity (Wildman–Crippen MR) is 125 cm³/mol. The van der Waals surface area contributed by atoms with Gasteiger partial charge >= 0.3 is 5.97 Å². The van der Waals surface area contributed by atoms with Gasteiger partial charge in [0.15, 0.2) is 6.10 Å². The summed E-state index contributed by atoms with van der Waals surface area (Å²) in [4.78, 5) is 26.4. The summed E-state index contributed by atoms with van der Waals surface area (Å²) < 4.78 is 10.7. The van der Waals surface area contributed by atoms with Crippen molar-refractivity contribution in [1.29, 1.82) is 0 Å². The fraction of sp³-hybridized carbons (Fsp3) is 0.280. The highest BCUT2D eigenvalue weighted by molar-refractivity contribution is 7.17. The minimum Gasteiger partial charge on any atom is -0.481 e. The number of esters is 1. The van der Waals surface area contributed by atoms with Gasteiger partial charge < -0.3 is 14.8 Å². The third-order valence-electron chi connectivity index (χ3n) is 5.00. The molecule has 5 nitrogen and oxygen atoms in total. The molecule has 0 aliphatic carbocycles. The van der Waals surface area contributed by atoms with Gasteiger partial charge in [-0.15, -0.1) is 11.3 Å². The zero-order chi connectivity index (χ0) is 22.5. The van der Waals surface area contributed by atoms with Crippen LogP contribution in [0.25, 0.3) is 11.1 Å². The van der Waals surface area contributed by atoms with Gasteiger partial charge in [-0.1, -0.05) is 56.3 Å².